The van der Waals surface area contributed by atoms with Gasteiger partial charge in [0, 0.05) is 12.6 Å². The summed E-state index contributed by atoms with van der Waals surface area (Å²) in [5.74, 6) is -0.933. The van der Waals surface area contributed by atoms with Gasteiger partial charge in [0.2, 0.25) is 5.91 Å². The van der Waals surface area contributed by atoms with E-state index in [9.17, 15) is 14.0 Å². The molecule has 2 heterocycles. The average molecular weight is 269 g/mol. The minimum Gasteiger partial charge on any atom is -0.350 e. The lowest BCUT2D eigenvalue weighted by atomic mass is 10.1. The van der Waals surface area contributed by atoms with Crippen LogP contribution in [0.25, 0.3) is 0 Å². The Bertz CT molecular complexity index is 549. The molecular formula is C12H10ClFN2O2. The van der Waals surface area contributed by atoms with E-state index in [-0.39, 0.29) is 28.4 Å². The van der Waals surface area contributed by atoms with Crippen LogP contribution in [0.4, 0.5) is 4.39 Å². The number of halogens is 2. The van der Waals surface area contributed by atoms with Gasteiger partial charge in [-0.1, -0.05) is 11.6 Å². The normalized spacial score (nSPS) is 25.4. The summed E-state index contributed by atoms with van der Waals surface area (Å²) in [6.45, 7) is 0.489. The molecular weight excluding hydrogens is 259 g/mol. The van der Waals surface area contributed by atoms with Gasteiger partial charge in [-0.3, -0.25) is 9.59 Å². The molecule has 6 heteroatoms. The number of rotatable bonds is 1. The summed E-state index contributed by atoms with van der Waals surface area (Å²) < 4.78 is 12.9. The Labute approximate surface area is 108 Å². The summed E-state index contributed by atoms with van der Waals surface area (Å²) in [6.07, 6.45) is 0.642. The summed E-state index contributed by atoms with van der Waals surface area (Å²) in [6, 6.07) is 3.26. The fraction of sp³-hybridized carbons (Fsp3) is 0.333. The van der Waals surface area contributed by atoms with Crippen molar-refractivity contribution < 1.29 is 14.0 Å². The topological polar surface area (TPSA) is 49.4 Å². The Hall–Kier alpha value is -1.62. The Morgan fingerprint density at radius 2 is 2.28 bits per heavy atom. The molecule has 1 N–H and O–H groups in total. The maximum atomic E-state index is 12.9. The van der Waals surface area contributed by atoms with Crippen molar-refractivity contribution in [3.8, 4) is 0 Å². The first-order valence-electron chi connectivity index (χ1n) is 5.62. The van der Waals surface area contributed by atoms with Crippen LogP contribution in [0.1, 0.15) is 16.8 Å². The van der Waals surface area contributed by atoms with Crippen molar-refractivity contribution >= 4 is 23.4 Å². The van der Waals surface area contributed by atoms with Crippen molar-refractivity contribution in [2.75, 3.05) is 6.54 Å². The highest BCUT2D eigenvalue weighted by molar-refractivity contribution is 6.33. The van der Waals surface area contributed by atoms with Crippen molar-refractivity contribution in [2.45, 2.75) is 18.5 Å². The summed E-state index contributed by atoms with van der Waals surface area (Å²) in [7, 11) is 0. The molecule has 94 valence electrons. The van der Waals surface area contributed by atoms with Gasteiger partial charge in [0.1, 0.15) is 11.9 Å². The highest BCUT2D eigenvalue weighted by Crippen LogP contribution is 2.28. The standard InChI is InChI=1S/C12H10ClFN2O2/c13-9-3-6(14)1-2-8(9)12(18)16-5-7-4-10(16)11(17)15-7/h1-3,7,10H,4-5H2,(H,15,17)/t7-,10-/m0/s1. The minimum atomic E-state index is -0.489. The average Bonchev–Trinajstić information content (AvgIpc) is 2.86. The van der Waals surface area contributed by atoms with Crippen LogP contribution >= 0.6 is 11.6 Å². The Morgan fingerprint density at radius 3 is 2.89 bits per heavy atom. The Balaban J connectivity index is 1.89. The van der Waals surface area contributed by atoms with Crippen LogP contribution in [0.2, 0.25) is 5.02 Å². The number of amides is 2. The number of carbonyl (C=O) groups excluding carboxylic acids is 2. The van der Waals surface area contributed by atoms with Crippen molar-refractivity contribution in [3.63, 3.8) is 0 Å². The third kappa shape index (κ3) is 1.66. The number of likely N-dealkylation sites (tertiary alicyclic amines) is 1. The second-order valence-electron chi connectivity index (χ2n) is 4.54. The largest absolute Gasteiger partial charge is 0.350 e. The highest BCUT2D eigenvalue weighted by Gasteiger charge is 2.46. The molecule has 0 aromatic heterocycles. The van der Waals surface area contributed by atoms with Crippen molar-refractivity contribution in [3.05, 3.63) is 34.6 Å². The molecule has 0 radical (unpaired) electrons. The minimum absolute atomic E-state index is 0.0330. The second kappa shape index (κ2) is 3.95. The van der Waals surface area contributed by atoms with Crippen LogP contribution in [-0.4, -0.2) is 35.3 Å². The lowest BCUT2D eigenvalue weighted by Crippen LogP contribution is -2.50. The molecule has 2 fully saturated rings. The van der Waals surface area contributed by atoms with Crippen molar-refractivity contribution in [2.24, 2.45) is 0 Å². The zero-order valence-electron chi connectivity index (χ0n) is 9.32. The number of fused-ring (bicyclic) bond motifs is 2. The number of benzene rings is 1. The summed E-state index contributed by atoms with van der Waals surface area (Å²) >= 11 is 5.85. The molecule has 1 aromatic rings. The van der Waals surface area contributed by atoms with E-state index in [1.807, 2.05) is 0 Å². The van der Waals surface area contributed by atoms with Gasteiger partial charge >= 0.3 is 0 Å². The number of nitrogens with zero attached hydrogens (tertiary/aromatic N) is 1. The van der Waals surface area contributed by atoms with Crippen LogP contribution in [0.3, 0.4) is 0 Å². The van der Waals surface area contributed by atoms with E-state index >= 15 is 0 Å². The number of piperazine rings is 1. The van der Waals surface area contributed by atoms with Gasteiger partial charge in [-0.05, 0) is 24.6 Å². The molecule has 2 bridgehead atoms. The molecule has 2 aliphatic heterocycles. The maximum Gasteiger partial charge on any atom is 0.256 e. The molecule has 0 saturated carbocycles. The molecule has 2 amide bonds. The smallest absolute Gasteiger partial charge is 0.256 e. The highest BCUT2D eigenvalue weighted by atomic mass is 35.5. The molecule has 3 rings (SSSR count). The third-order valence-corrected chi connectivity index (χ3v) is 3.69. The zero-order valence-corrected chi connectivity index (χ0v) is 10.1. The molecule has 2 saturated heterocycles. The lowest BCUT2D eigenvalue weighted by molar-refractivity contribution is -0.124. The predicted molar refractivity (Wildman–Crippen MR) is 62.8 cm³/mol. The van der Waals surface area contributed by atoms with Crippen LogP contribution in [-0.2, 0) is 4.79 Å². The molecule has 1 aromatic carbocycles. The van der Waals surface area contributed by atoms with E-state index < -0.39 is 11.9 Å². The summed E-state index contributed by atoms with van der Waals surface area (Å²) in [4.78, 5) is 25.3. The van der Waals surface area contributed by atoms with Gasteiger partial charge < -0.3 is 10.2 Å². The first-order valence-corrected chi connectivity index (χ1v) is 6.00. The quantitative estimate of drug-likeness (QED) is 0.832. The molecule has 2 aliphatic rings. The summed E-state index contributed by atoms with van der Waals surface area (Å²) in [5, 5.41) is 2.86. The number of hydrogen-bond acceptors (Lipinski definition) is 2. The van der Waals surface area contributed by atoms with E-state index in [0.29, 0.717) is 13.0 Å². The monoisotopic (exact) mass is 268 g/mol. The van der Waals surface area contributed by atoms with Crippen LogP contribution in [0, 0.1) is 5.82 Å². The van der Waals surface area contributed by atoms with E-state index in [4.69, 9.17) is 11.6 Å². The fourth-order valence-electron chi connectivity index (χ4n) is 2.53. The van der Waals surface area contributed by atoms with Crippen LogP contribution in [0.15, 0.2) is 18.2 Å². The van der Waals surface area contributed by atoms with Crippen LogP contribution in [0.5, 0.6) is 0 Å². The molecule has 4 nitrogen and oxygen atoms in total. The van der Waals surface area contributed by atoms with E-state index in [0.717, 1.165) is 6.07 Å². The number of nitrogens with one attached hydrogen (secondary N) is 1. The zero-order chi connectivity index (χ0) is 12.9. The molecule has 2 atom stereocenters. The first-order chi connectivity index (χ1) is 8.56. The van der Waals surface area contributed by atoms with Gasteiger partial charge in [-0.2, -0.15) is 0 Å². The third-order valence-electron chi connectivity index (χ3n) is 3.37. The van der Waals surface area contributed by atoms with Crippen molar-refractivity contribution in [1.29, 1.82) is 0 Å². The van der Waals surface area contributed by atoms with Crippen LogP contribution < -0.4 is 5.32 Å². The van der Waals surface area contributed by atoms with Gasteiger partial charge in [-0.15, -0.1) is 0 Å². The van der Waals surface area contributed by atoms with Crippen molar-refractivity contribution in [1.82, 2.24) is 10.2 Å². The van der Waals surface area contributed by atoms with Gasteiger partial charge in [0.25, 0.3) is 5.91 Å². The van der Waals surface area contributed by atoms with E-state index in [2.05, 4.69) is 5.32 Å². The molecule has 0 spiro atoms. The second-order valence-corrected chi connectivity index (χ2v) is 4.95. The SMILES string of the molecule is O=C1N[C@H]2C[C@@H]1N(C(=O)c1ccc(F)cc1Cl)C2. The Kier molecular flexibility index (Phi) is 2.52. The van der Waals surface area contributed by atoms with Gasteiger partial charge in [-0.25, -0.2) is 4.39 Å². The number of hydrogen-bond donors (Lipinski definition) is 1. The molecule has 0 unspecified atom stereocenters. The maximum absolute atomic E-state index is 12.9. The lowest BCUT2D eigenvalue weighted by Gasteiger charge is -2.26. The van der Waals surface area contributed by atoms with Gasteiger partial charge in [0.05, 0.1) is 10.6 Å². The number of carbonyl (C=O) groups is 2. The molecule has 18 heavy (non-hydrogen) atoms. The van der Waals surface area contributed by atoms with E-state index in [1.165, 1.54) is 17.0 Å². The van der Waals surface area contributed by atoms with E-state index in [1.54, 1.807) is 0 Å². The predicted octanol–water partition coefficient (Wildman–Crippen LogP) is 1.19. The fourth-order valence-corrected chi connectivity index (χ4v) is 2.78. The molecule has 0 aliphatic carbocycles. The Morgan fingerprint density at radius 1 is 1.50 bits per heavy atom. The first kappa shape index (κ1) is 11.5. The van der Waals surface area contributed by atoms with Gasteiger partial charge in [0.15, 0.2) is 0 Å². The summed E-state index contributed by atoms with van der Waals surface area (Å²) in [5.41, 5.74) is 0.235.